The predicted molar refractivity (Wildman–Crippen MR) is 96.1 cm³/mol. The number of carbonyl (C=O) groups is 2. The van der Waals surface area contributed by atoms with Crippen molar-refractivity contribution < 1.29 is 14.3 Å². The molecule has 1 aliphatic rings. The first-order valence-corrected chi connectivity index (χ1v) is 8.87. The van der Waals surface area contributed by atoms with E-state index in [-0.39, 0.29) is 24.2 Å². The Labute approximate surface area is 147 Å². The van der Waals surface area contributed by atoms with Crippen LogP contribution in [0.3, 0.4) is 0 Å². The fraction of sp³-hybridized carbons (Fsp3) is 0.450. The maximum atomic E-state index is 12.1. The molecule has 1 N–H and O–H groups in total. The summed E-state index contributed by atoms with van der Waals surface area (Å²) in [5.41, 5.74) is 0.942. The van der Waals surface area contributed by atoms with Crippen molar-refractivity contribution in [1.82, 2.24) is 10.3 Å². The number of aromatic nitrogens is 1. The summed E-state index contributed by atoms with van der Waals surface area (Å²) in [7, 11) is 0. The van der Waals surface area contributed by atoms with Crippen molar-refractivity contribution >= 4 is 22.8 Å². The normalized spacial score (nSPS) is 23.2. The molecule has 132 valence electrons. The van der Waals surface area contributed by atoms with Gasteiger partial charge >= 0.3 is 5.97 Å². The maximum absolute atomic E-state index is 12.1. The average molecular weight is 340 g/mol. The summed E-state index contributed by atoms with van der Waals surface area (Å²) in [4.78, 5) is 28.5. The van der Waals surface area contributed by atoms with Crippen LogP contribution < -0.4 is 5.32 Å². The summed E-state index contributed by atoms with van der Waals surface area (Å²) >= 11 is 0. The smallest absolute Gasteiger partial charge is 0.357 e. The van der Waals surface area contributed by atoms with Gasteiger partial charge in [-0.2, -0.15) is 0 Å². The molecule has 1 aromatic heterocycles. The Morgan fingerprint density at radius 1 is 1.16 bits per heavy atom. The van der Waals surface area contributed by atoms with Crippen LogP contribution in [0.2, 0.25) is 0 Å². The summed E-state index contributed by atoms with van der Waals surface area (Å²) in [6.07, 6.45) is 3.31. The monoisotopic (exact) mass is 340 g/mol. The molecule has 0 unspecified atom stereocenters. The predicted octanol–water partition coefficient (Wildman–Crippen LogP) is 3.33. The van der Waals surface area contributed by atoms with Crippen molar-refractivity contribution in [2.45, 2.75) is 39.2 Å². The highest BCUT2D eigenvalue weighted by Gasteiger charge is 2.28. The van der Waals surface area contributed by atoms with Crippen LogP contribution in [0.4, 0.5) is 0 Å². The molecule has 5 nitrogen and oxygen atoms in total. The van der Waals surface area contributed by atoms with Crippen molar-refractivity contribution in [3.8, 4) is 0 Å². The Bertz CT molecular complexity index is 774. The molecule has 0 aliphatic heterocycles. The third-order valence-corrected chi connectivity index (χ3v) is 5.20. The van der Waals surface area contributed by atoms with Crippen LogP contribution in [0.15, 0.2) is 36.4 Å². The summed E-state index contributed by atoms with van der Waals surface area (Å²) in [5, 5.41) is 3.95. The second-order valence-electron chi connectivity index (χ2n) is 6.91. The van der Waals surface area contributed by atoms with Gasteiger partial charge in [0.2, 0.25) is 0 Å². The van der Waals surface area contributed by atoms with E-state index in [0.29, 0.717) is 11.8 Å². The van der Waals surface area contributed by atoms with Crippen LogP contribution in [-0.2, 0) is 9.53 Å². The Balaban J connectivity index is 1.55. The molecular formula is C20H24N2O3. The number of pyridine rings is 1. The van der Waals surface area contributed by atoms with Gasteiger partial charge in [-0.25, -0.2) is 9.78 Å². The third kappa shape index (κ3) is 4.16. The lowest BCUT2D eigenvalue weighted by atomic mass is 9.78. The number of fused-ring (bicyclic) bond motifs is 1. The quantitative estimate of drug-likeness (QED) is 0.867. The Kier molecular flexibility index (Phi) is 5.31. The molecule has 0 bridgehead atoms. The molecule has 0 saturated heterocycles. The Morgan fingerprint density at radius 3 is 2.80 bits per heavy atom. The summed E-state index contributed by atoms with van der Waals surface area (Å²) < 4.78 is 5.13. The second-order valence-corrected chi connectivity index (χ2v) is 6.91. The molecule has 2 aromatic rings. The highest BCUT2D eigenvalue weighted by molar-refractivity contribution is 5.92. The maximum Gasteiger partial charge on any atom is 0.357 e. The highest BCUT2D eigenvalue weighted by Crippen LogP contribution is 2.29. The standard InChI is InChI=1S/C20H24N2O3/c1-13-6-5-9-16(14(13)2)22-19(23)12-25-20(24)18-11-10-15-7-3-4-8-17(15)21-18/h3-4,7-8,10-11,13-14,16H,5-6,9,12H2,1-2H3,(H,22,23)/t13-,14+,16+/m0/s1. The average Bonchev–Trinajstić information content (AvgIpc) is 2.63. The molecule has 25 heavy (non-hydrogen) atoms. The lowest BCUT2D eigenvalue weighted by Crippen LogP contribution is -2.45. The first-order valence-electron chi connectivity index (χ1n) is 8.87. The Morgan fingerprint density at radius 2 is 1.96 bits per heavy atom. The van der Waals surface area contributed by atoms with E-state index >= 15 is 0 Å². The molecule has 3 rings (SSSR count). The molecule has 5 heteroatoms. The zero-order valence-electron chi connectivity index (χ0n) is 14.7. The minimum atomic E-state index is -0.578. The van der Waals surface area contributed by atoms with E-state index < -0.39 is 5.97 Å². The first-order chi connectivity index (χ1) is 12.0. The van der Waals surface area contributed by atoms with E-state index in [9.17, 15) is 9.59 Å². The van der Waals surface area contributed by atoms with E-state index in [4.69, 9.17) is 4.74 Å². The number of hydrogen-bond acceptors (Lipinski definition) is 4. The van der Waals surface area contributed by atoms with E-state index in [1.165, 1.54) is 6.42 Å². The van der Waals surface area contributed by atoms with E-state index in [1.807, 2.05) is 30.3 Å². The van der Waals surface area contributed by atoms with Crippen molar-refractivity contribution in [2.24, 2.45) is 11.8 Å². The van der Waals surface area contributed by atoms with Crippen LogP contribution in [0.5, 0.6) is 0 Å². The van der Waals surface area contributed by atoms with Gasteiger partial charge in [-0.15, -0.1) is 0 Å². The number of carbonyl (C=O) groups excluding carboxylic acids is 2. The number of ether oxygens (including phenoxy) is 1. The van der Waals surface area contributed by atoms with Crippen LogP contribution in [-0.4, -0.2) is 29.5 Å². The van der Waals surface area contributed by atoms with Gasteiger partial charge in [0.05, 0.1) is 5.52 Å². The number of esters is 1. The summed E-state index contributed by atoms with van der Waals surface area (Å²) in [6.45, 7) is 4.11. The summed E-state index contributed by atoms with van der Waals surface area (Å²) in [6, 6.07) is 11.1. The molecule has 1 aromatic carbocycles. The second kappa shape index (κ2) is 7.64. The first kappa shape index (κ1) is 17.4. The van der Waals surface area contributed by atoms with Gasteiger partial charge in [-0.3, -0.25) is 4.79 Å². The van der Waals surface area contributed by atoms with Gasteiger partial charge in [-0.1, -0.05) is 51.0 Å². The lowest BCUT2D eigenvalue weighted by molar-refractivity contribution is -0.125. The van der Waals surface area contributed by atoms with Gasteiger partial charge in [0.1, 0.15) is 5.69 Å². The summed E-state index contributed by atoms with van der Waals surface area (Å²) in [5.74, 6) is 0.213. The number of nitrogens with zero attached hydrogens (tertiary/aromatic N) is 1. The highest BCUT2D eigenvalue weighted by atomic mass is 16.5. The minimum Gasteiger partial charge on any atom is -0.451 e. The topological polar surface area (TPSA) is 68.3 Å². The number of benzene rings is 1. The van der Waals surface area contributed by atoms with Crippen molar-refractivity contribution in [2.75, 3.05) is 6.61 Å². The molecule has 1 heterocycles. The molecular weight excluding hydrogens is 316 g/mol. The van der Waals surface area contributed by atoms with Gasteiger partial charge in [0.25, 0.3) is 5.91 Å². The molecule has 1 amide bonds. The zero-order chi connectivity index (χ0) is 17.8. The van der Waals surface area contributed by atoms with E-state index in [1.54, 1.807) is 6.07 Å². The molecule has 0 radical (unpaired) electrons. The molecule has 1 aliphatic carbocycles. The fourth-order valence-corrected chi connectivity index (χ4v) is 3.42. The minimum absolute atomic E-state index is 0.161. The SMILES string of the molecule is C[C@@H]1[C@@H](C)CCC[C@H]1NC(=O)COC(=O)c1ccc2ccccc2n1. The number of hydrogen-bond donors (Lipinski definition) is 1. The lowest BCUT2D eigenvalue weighted by Gasteiger charge is -2.34. The van der Waals surface area contributed by atoms with Crippen molar-refractivity contribution in [3.63, 3.8) is 0 Å². The molecule has 0 spiro atoms. The number of para-hydroxylation sites is 1. The van der Waals surface area contributed by atoms with Gasteiger partial charge in [0.15, 0.2) is 6.61 Å². The number of rotatable bonds is 4. The Hall–Kier alpha value is -2.43. The van der Waals surface area contributed by atoms with Gasteiger partial charge in [0, 0.05) is 11.4 Å². The molecule has 3 atom stereocenters. The van der Waals surface area contributed by atoms with Crippen LogP contribution in [0.1, 0.15) is 43.6 Å². The fourth-order valence-electron chi connectivity index (χ4n) is 3.42. The van der Waals surface area contributed by atoms with Gasteiger partial charge in [-0.05, 0) is 30.4 Å². The number of amides is 1. The molecule has 1 saturated carbocycles. The van der Waals surface area contributed by atoms with Crippen LogP contribution in [0, 0.1) is 11.8 Å². The van der Waals surface area contributed by atoms with Crippen molar-refractivity contribution in [3.05, 3.63) is 42.1 Å². The van der Waals surface area contributed by atoms with Crippen molar-refractivity contribution in [1.29, 1.82) is 0 Å². The largest absolute Gasteiger partial charge is 0.451 e. The van der Waals surface area contributed by atoms with Crippen LogP contribution >= 0.6 is 0 Å². The third-order valence-electron chi connectivity index (χ3n) is 5.20. The zero-order valence-corrected chi connectivity index (χ0v) is 14.7. The van der Waals surface area contributed by atoms with Gasteiger partial charge < -0.3 is 10.1 Å². The van der Waals surface area contributed by atoms with E-state index in [0.717, 1.165) is 23.7 Å². The number of nitrogens with one attached hydrogen (secondary N) is 1. The van der Waals surface area contributed by atoms with Crippen LogP contribution in [0.25, 0.3) is 10.9 Å². The molecule has 1 fully saturated rings. The van der Waals surface area contributed by atoms with E-state index in [2.05, 4.69) is 24.1 Å².